The first-order valence-corrected chi connectivity index (χ1v) is 5.29. The van der Waals surface area contributed by atoms with Gasteiger partial charge in [-0.15, -0.1) is 0 Å². The monoisotopic (exact) mass is 250 g/mol. The Balaban J connectivity index is 2.80. The second kappa shape index (κ2) is 5.81. The number of esters is 1. The summed E-state index contributed by atoms with van der Waals surface area (Å²) in [5.41, 5.74) is 5.31. The van der Waals surface area contributed by atoms with Gasteiger partial charge >= 0.3 is 5.97 Å². The van der Waals surface area contributed by atoms with E-state index in [1.807, 2.05) is 0 Å². The smallest absolute Gasteiger partial charge is 0.308 e. The molecule has 0 bridgehead atoms. The number of benzene rings is 1. The quantitative estimate of drug-likeness (QED) is 0.589. The average Bonchev–Trinajstić information content (AvgIpc) is 2.28. The first-order valence-electron chi connectivity index (χ1n) is 5.29. The molecule has 0 spiro atoms. The number of amides is 2. The summed E-state index contributed by atoms with van der Waals surface area (Å²) in [5, 5.41) is 2.42. The molecule has 0 aromatic heterocycles. The van der Waals surface area contributed by atoms with Crippen molar-refractivity contribution < 1.29 is 19.1 Å². The van der Waals surface area contributed by atoms with E-state index in [9.17, 15) is 14.4 Å². The first-order chi connectivity index (χ1) is 8.40. The molecule has 1 aromatic carbocycles. The molecule has 0 aliphatic carbocycles. The van der Waals surface area contributed by atoms with Gasteiger partial charge in [-0.2, -0.15) is 0 Å². The third kappa shape index (κ3) is 3.89. The van der Waals surface area contributed by atoms with E-state index in [1.54, 1.807) is 12.1 Å². The van der Waals surface area contributed by atoms with Crippen LogP contribution in [-0.2, 0) is 9.59 Å². The molecule has 0 saturated carbocycles. The fraction of sp³-hybridized carbons (Fsp3) is 0.250. The van der Waals surface area contributed by atoms with Crippen LogP contribution >= 0.6 is 0 Å². The zero-order valence-corrected chi connectivity index (χ0v) is 10.1. The topological polar surface area (TPSA) is 98.5 Å². The van der Waals surface area contributed by atoms with Gasteiger partial charge < -0.3 is 15.8 Å². The van der Waals surface area contributed by atoms with Crippen molar-refractivity contribution in [1.82, 2.24) is 5.32 Å². The number of primary amides is 1. The maximum Gasteiger partial charge on any atom is 0.308 e. The number of nitrogens with two attached hydrogens (primary N) is 1. The van der Waals surface area contributed by atoms with Gasteiger partial charge in [0.2, 0.25) is 5.91 Å². The number of carbonyl (C=O) groups excluding carboxylic acids is 3. The van der Waals surface area contributed by atoms with Crippen molar-refractivity contribution in [1.29, 1.82) is 0 Å². The van der Waals surface area contributed by atoms with Crippen LogP contribution in [0.3, 0.4) is 0 Å². The molecule has 0 unspecified atom stereocenters. The highest BCUT2D eigenvalue weighted by Crippen LogP contribution is 2.13. The predicted molar refractivity (Wildman–Crippen MR) is 63.9 cm³/mol. The summed E-state index contributed by atoms with van der Waals surface area (Å²) in [6, 6.07) is 5.30. The molecule has 1 rings (SSSR count). The first kappa shape index (κ1) is 13.7. The lowest BCUT2D eigenvalue weighted by atomic mass is 10.2. The molecule has 0 heterocycles. The molecule has 1 aromatic rings. The van der Waals surface area contributed by atoms with Gasteiger partial charge in [-0.25, -0.2) is 0 Å². The summed E-state index contributed by atoms with van der Waals surface area (Å²) < 4.78 is 4.85. The van der Waals surface area contributed by atoms with Crippen LogP contribution in [0.2, 0.25) is 0 Å². The van der Waals surface area contributed by atoms with Gasteiger partial charge in [-0.05, 0) is 25.1 Å². The van der Waals surface area contributed by atoms with E-state index in [0.717, 1.165) is 0 Å². The lowest BCUT2D eigenvalue weighted by Crippen LogP contribution is -2.42. The highest BCUT2D eigenvalue weighted by Gasteiger charge is 2.14. The van der Waals surface area contributed by atoms with Crippen LogP contribution in [0.1, 0.15) is 24.2 Å². The van der Waals surface area contributed by atoms with Crippen molar-refractivity contribution in [2.45, 2.75) is 19.9 Å². The fourth-order valence-corrected chi connectivity index (χ4v) is 1.22. The van der Waals surface area contributed by atoms with Crippen LogP contribution < -0.4 is 15.8 Å². The summed E-state index contributed by atoms with van der Waals surface area (Å²) in [6.45, 7) is 2.75. The van der Waals surface area contributed by atoms with E-state index in [4.69, 9.17) is 10.5 Å². The van der Waals surface area contributed by atoms with Crippen molar-refractivity contribution in [3.8, 4) is 5.75 Å². The average molecular weight is 250 g/mol. The largest absolute Gasteiger partial charge is 0.427 e. The molecular formula is C12H14N2O4. The molecule has 96 valence electrons. The Bertz CT molecular complexity index is 485. The minimum absolute atomic E-state index is 0.266. The molecule has 0 fully saturated rings. The molecule has 3 N–H and O–H groups in total. The van der Waals surface area contributed by atoms with Crippen molar-refractivity contribution in [3.63, 3.8) is 0 Å². The summed E-state index contributed by atoms with van der Waals surface area (Å²) in [5.74, 6) is -1.30. The molecule has 0 radical (unpaired) electrons. The van der Waals surface area contributed by atoms with Crippen molar-refractivity contribution >= 4 is 17.8 Å². The Morgan fingerprint density at radius 1 is 1.33 bits per heavy atom. The number of hydrogen-bond acceptors (Lipinski definition) is 4. The lowest BCUT2D eigenvalue weighted by molar-refractivity contribution is -0.131. The van der Waals surface area contributed by atoms with E-state index >= 15 is 0 Å². The molecule has 6 heteroatoms. The molecule has 0 aliphatic rings. The summed E-state index contributed by atoms with van der Waals surface area (Å²) in [4.78, 5) is 33.3. The van der Waals surface area contributed by atoms with Crippen molar-refractivity contribution in [2.24, 2.45) is 5.73 Å². The third-order valence-corrected chi connectivity index (χ3v) is 2.13. The maximum absolute atomic E-state index is 11.7. The van der Waals surface area contributed by atoms with Crippen LogP contribution in [0, 0.1) is 0 Å². The van der Waals surface area contributed by atoms with Crippen LogP contribution in [0.25, 0.3) is 0 Å². The minimum Gasteiger partial charge on any atom is -0.427 e. The van der Waals surface area contributed by atoms with Gasteiger partial charge in [0, 0.05) is 12.5 Å². The zero-order valence-electron chi connectivity index (χ0n) is 10.1. The van der Waals surface area contributed by atoms with Crippen LogP contribution in [0.5, 0.6) is 5.75 Å². The van der Waals surface area contributed by atoms with Crippen molar-refractivity contribution in [2.75, 3.05) is 0 Å². The van der Waals surface area contributed by atoms with Gasteiger partial charge in [0.05, 0.1) is 0 Å². The number of rotatable bonds is 4. The fourth-order valence-electron chi connectivity index (χ4n) is 1.22. The normalized spacial score (nSPS) is 11.4. The molecule has 1 atom stereocenters. The molecule has 18 heavy (non-hydrogen) atoms. The third-order valence-electron chi connectivity index (χ3n) is 2.13. The van der Waals surface area contributed by atoms with Crippen LogP contribution in [0.4, 0.5) is 0 Å². The summed E-state index contributed by atoms with van der Waals surface area (Å²) >= 11 is 0. The van der Waals surface area contributed by atoms with E-state index in [-0.39, 0.29) is 11.3 Å². The van der Waals surface area contributed by atoms with Crippen LogP contribution in [0.15, 0.2) is 24.3 Å². The van der Waals surface area contributed by atoms with Crippen LogP contribution in [-0.4, -0.2) is 23.8 Å². The standard InChI is InChI=1S/C12H14N2O4/c1-7(11(13)16)14-12(17)9-4-3-5-10(6-9)18-8(2)15/h3-7H,1-2H3,(H2,13,16)(H,14,17)/t7-/m0/s1. The van der Waals surface area contributed by atoms with E-state index in [0.29, 0.717) is 0 Å². The molecular weight excluding hydrogens is 236 g/mol. The molecule has 2 amide bonds. The van der Waals surface area contributed by atoms with Gasteiger partial charge in [0.15, 0.2) is 0 Å². The highest BCUT2D eigenvalue weighted by molar-refractivity contribution is 5.97. The Labute approximate surface area is 104 Å². The van der Waals surface area contributed by atoms with E-state index in [2.05, 4.69) is 5.32 Å². The Morgan fingerprint density at radius 3 is 2.56 bits per heavy atom. The second-order valence-electron chi connectivity index (χ2n) is 3.72. The van der Waals surface area contributed by atoms with Crippen molar-refractivity contribution in [3.05, 3.63) is 29.8 Å². The predicted octanol–water partition coefficient (Wildman–Crippen LogP) is 0.215. The molecule has 0 aliphatic heterocycles. The molecule has 6 nitrogen and oxygen atoms in total. The molecule has 0 saturated heterocycles. The zero-order chi connectivity index (χ0) is 13.7. The minimum atomic E-state index is -0.769. The Morgan fingerprint density at radius 2 is 2.00 bits per heavy atom. The number of ether oxygens (including phenoxy) is 1. The summed E-state index contributed by atoms with van der Waals surface area (Å²) in [7, 11) is 0. The van der Waals surface area contributed by atoms with Gasteiger partial charge in [0.25, 0.3) is 5.91 Å². The van der Waals surface area contributed by atoms with E-state index < -0.39 is 23.8 Å². The lowest BCUT2D eigenvalue weighted by Gasteiger charge is -2.10. The van der Waals surface area contributed by atoms with E-state index in [1.165, 1.54) is 26.0 Å². The number of hydrogen-bond donors (Lipinski definition) is 2. The Kier molecular flexibility index (Phi) is 4.42. The Hall–Kier alpha value is -2.37. The second-order valence-corrected chi connectivity index (χ2v) is 3.72. The van der Waals surface area contributed by atoms with Gasteiger partial charge in [-0.1, -0.05) is 6.07 Å². The maximum atomic E-state index is 11.7. The summed E-state index contributed by atoms with van der Waals surface area (Å²) in [6.07, 6.45) is 0. The number of nitrogens with one attached hydrogen (secondary N) is 1. The highest BCUT2D eigenvalue weighted by atomic mass is 16.5. The van der Waals surface area contributed by atoms with Gasteiger partial charge in [-0.3, -0.25) is 14.4 Å². The number of carbonyl (C=O) groups is 3. The SMILES string of the molecule is CC(=O)Oc1cccc(C(=O)N[C@@H](C)C(N)=O)c1. The van der Waals surface area contributed by atoms with Gasteiger partial charge in [0.1, 0.15) is 11.8 Å².